The molecule has 0 fully saturated rings. The van der Waals surface area contributed by atoms with Crippen molar-refractivity contribution in [2.24, 2.45) is 0 Å². The Labute approximate surface area is 178 Å². The summed E-state index contributed by atoms with van der Waals surface area (Å²) in [7, 11) is 0. The number of carbonyl (C=O) groups excluding carboxylic acids is 1. The summed E-state index contributed by atoms with van der Waals surface area (Å²) < 4.78 is 57.9. The van der Waals surface area contributed by atoms with Gasteiger partial charge in [-0.05, 0) is 53.2 Å². The predicted molar refractivity (Wildman–Crippen MR) is 110 cm³/mol. The van der Waals surface area contributed by atoms with Crippen molar-refractivity contribution in [3.05, 3.63) is 83.9 Å². The SMILES string of the molecule is Nc1cc(Oc2ccc3c(C(=O)Nc4ccc(F)c(C(F)(F)F)c4)cccc3c2)ncn1. The van der Waals surface area contributed by atoms with Crippen LogP contribution in [0.15, 0.2) is 67.0 Å². The van der Waals surface area contributed by atoms with Crippen molar-refractivity contribution in [3.8, 4) is 11.6 Å². The van der Waals surface area contributed by atoms with Crippen LogP contribution in [0.5, 0.6) is 11.6 Å². The van der Waals surface area contributed by atoms with Gasteiger partial charge in [-0.25, -0.2) is 14.4 Å². The first kappa shape index (κ1) is 21.0. The van der Waals surface area contributed by atoms with E-state index in [1.165, 1.54) is 18.5 Å². The average molecular weight is 442 g/mol. The van der Waals surface area contributed by atoms with Crippen molar-refractivity contribution >= 4 is 28.2 Å². The molecule has 0 saturated carbocycles. The number of benzene rings is 3. The van der Waals surface area contributed by atoms with Gasteiger partial charge in [-0.2, -0.15) is 13.2 Å². The zero-order valence-electron chi connectivity index (χ0n) is 16.2. The highest BCUT2D eigenvalue weighted by atomic mass is 19.4. The monoisotopic (exact) mass is 442 g/mol. The highest BCUT2D eigenvalue weighted by Crippen LogP contribution is 2.33. The third-order valence-corrected chi connectivity index (χ3v) is 4.51. The lowest BCUT2D eigenvalue weighted by atomic mass is 10.0. The van der Waals surface area contributed by atoms with Crippen molar-refractivity contribution in [1.82, 2.24) is 9.97 Å². The molecule has 0 aliphatic carbocycles. The zero-order chi connectivity index (χ0) is 22.9. The van der Waals surface area contributed by atoms with Crippen molar-refractivity contribution < 1.29 is 27.1 Å². The van der Waals surface area contributed by atoms with Crippen LogP contribution in [0.25, 0.3) is 10.8 Å². The van der Waals surface area contributed by atoms with Gasteiger partial charge in [-0.15, -0.1) is 0 Å². The zero-order valence-corrected chi connectivity index (χ0v) is 16.2. The molecule has 10 heteroatoms. The Bertz CT molecular complexity index is 1330. The van der Waals surface area contributed by atoms with E-state index in [4.69, 9.17) is 10.5 Å². The van der Waals surface area contributed by atoms with Crippen LogP contribution in [-0.2, 0) is 6.18 Å². The molecule has 0 saturated heterocycles. The fourth-order valence-corrected chi connectivity index (χ4v) is 3.07. The van der Waals surface area contributed by atoms with Gasteiger partial charge in [0.2, 0.25) is 5.88 Å². The van der Waals surface area contributed by atoms with E-state index in [1.807, 2.05) is 0 Å². The summed E-state index contributed by atoms with van der Waals surface area (Å²) in [6, 6.07) is 13.5. The normalized spacial score (nSPS) is 11.4. The third-order valence-electron chi connectivity index (χ3n) is 4.51. The van der Waals surface area contributed by atoms with Crippen LogP contribution in [0.1, 0.15) is 15.9 Å². The molecular weight excluding hydrogens is 428 g/mol. The second kappa shape index (κ2) is 8.14. The van der Waals surface area contributed by atoms with E-state index in [0.29, 0.717) is 28.7 Å². The molecule has 0 bridgehead atoms. The first-order valence-electron chi connectivity index (χ1n) is 9.17. The van der Waals surface area contributed by atoms with Crippen LogP contribution in [0, 0.1) is 5.82 Å². The minimum Gasteiger partial charge on any atom is -0.439 e. The number of alkyl halides is 3. The minimum atomic E-state index is -4.88. The third kappa shape index (κ3) is 4.43. The highest BCUT2D eigenvalue weighted by molar-refractivity contribution is 6.13. The second-order valence-corrected chi connectivity index (χ2v) is 6.72. The van der Waals surface area contributed by atoms with E-state index >= 15 is 0 Å². The smallest absolute Gasteiger partial charge is 0.419 e. The molecule has 0 unspecified atom stereocenters. The Morgan fingerprint density at radius 1 is 1.00 bits per heavy atom. The Morgan fingerprint density at radius 3 is 2.56 bits per heavy atom. The number of aromatic nitrogens is 2. The molecule has 3 aromatic carbocycles. The fourth-order valence-electron chi connectivity index (χ4n) is 3.07. The van der Waals surface area contributed by atoms with Gasteiger partial charge in [-0.1, -0.05) is 12.1 Å². The topological polar surface area (TPSA) is 90.1 Å². The molecule has 1 aromatic heterocycles. The number of nitrogens with two attached hydrogens (primary N) is 1. The number of carbonyl (C=O) groups is 1. The van der Waals surface area contributed by atoms with E-state index in [0.717, 1.165) is 6.07 Å². The van der Waals surface area contributed by atoms with E-state index in [2.05, 4.69) is 15.3 Å². The number of nitrogens with zero attached hydrogens (tertiary/aromatic N) is 2. The maximum Gasteiger partial charge on any atom is 0.419 e. The molecule has 0 atom stereocenters. The van der Waals surface area contributed by atoms with E-state index in [9.17, 15) is 22.4 Å². The Morgan fingerprint density at radius 2 is 1.81 bits per heavy atom. The van der Waals surface area contributed by atoms with E-state index in [1.54, 1.807) is 30.3 Å². The average Bonchev–Trinajstić information content (AvgIpc) is 2.73. The molecule has 32 heavy (non-hydrogen) atoms. The molecule has 0 spiro atoms. The number of rotatable bonds is 4. The lowest BCUT2D eigenvalue weighted by molar-refractivity contribution is -0.139. The molecular formula is C22H14F4N4O2. The van der Waals surface area contributed by atoms with Gasteiger partial charge >= 0.3 is 6.18 Å². The van der Waals surface area contributed by atoms with E-state index in [-0.39, 0.29) is 22.9 Å². The van der Waals surface area contributed by atoms with Gasteiger partial charge < -0.3 is 15.8 Å². The van der Waals surface area contributed by atoms with Gasteiger partial charge in [0, 0.05) is 17.3 Å². The van der Waals surface area contributed by atoms with Gasteiger partial charge in [0.1, 0.15) is 23.7 Å². The number of hydrogen-bond donors (Lipinski definition) is 2. The van der Waals surface area contributed by atoms with Crippen molar-refractivity contribution in [1.29, 1.82) is 0 Å². The van der Waals surface area contributed by atoms with Crippen LogP contribution >= 0.6 is 0 Å². The maximum absolute atomic E-state index is 13.5. The largest absolute Gasteiger partial charge is 0.439 e. The highest BCUT2D eigenvalue weighted by Gasteiger charge is 2.34. The van der Waals surface area contributed by atoms with Crippen LogP contribution in [0.4, 0.5) is 29.1 Å². The van der Waals surface area contributed by atoms with Gasteiger partial charge in [0.25, 0.3) is 5.91 Å². The number of halogens is 4. The van der Waals surface area contributed by atoms with E-state index < -0.39 is 23.5 Å². The fraction of sp³-hybridized carbons (Fsp3) is 0.0455. The second-order valence-electron chi connectivity index (χ2n) is 6.72. The lowest BCUT2D eigenvalue weighted by Gasteiger charge is -2.12. The van der Waals surface area contributed by atoms with Crippen LogP contribution < -0.4 is 15.8 Å². The molecule has 3 N–H and O–H groups in total. The first-order chi connectivity index (χ1) is 15.2. The molecule has 162 valence electrons. The number of hydrogen-bond acceptors (Lipinski definition) is 5. The number of anilines is 2. The van der Waals surface area contributed by atoms with Crippen molar-refractivity contribution in [3.63, 3.8) is 0 Å². The lowest BCUT2D eigenvalue weighted by Crippen LogP contribution is -2.14. The quantitative estimate of drug-likeness (QED) is 0.412. The molecule has 1 heterocycles. The van der Waals surface area contributed by atoms with Crippen LogP contribution in [0.3, 0.4) is 0 Å². The first-order valence-corrected chi connectivity index (χ1v) is 9.17. The van der Waals surface area contributed by atoms with Crippen molar-refractivity contribution in [2.45, 2.75) is 6.18 Å². The predicted octanol–water partition coefficient (Wildman–Crippen LogP) is 5.41. The molecule has 1 amide bonds. The molecule has 4 rings (SSSR count). The summed E-state index contributed by atoms with van der Waals surface area (Å²) in [6.07, 6.45) is -3.62. The standard InChI is InChI=1S/C22H14F4N4O2/c23-18-7-4-13(9-17(18)22(24,25)26)30-21(31)16-3-1-2-12-8-14(5-6-15(12)16)32-20-10-19(27)28-11-29-20/h1-11H,(H,30,31)(H2,27,28,29). The number of nitrogen functional groups attached to an aromatic ring is 1. The molecule has 0 aliphatic heterocycles. The number of fused-ring (bicyclic) bond motifs is 1. The molecule has 6 nitrogen and oxygen atoms in total. The molecule has 4 aromatic rings. The number of ether oxygens (including phenoxy) is 1. The van der Waals surface area contributed by atoms with Crippen LogP contribution in [-0.4, -0.2) is 15.9 Å². The van der Waals surface area contributed by atoms with Crippen LogP contribution in [0.2, 0.25) is 0 Å². The Hall–Kier alpha value is -4.21. The number of nitrogens with one attached hydrogen (secondary N) is 1. The van der Waals surface area contributed by atoms with Gasteiger partial charge in [0.15, 0.2) is 0 Å². The van der Waals surface area contributed by atoms with Crippen molar-refractivity contribution in [2.75, 3.05) is 11.1 Å². The summed E-state index contributed by atoms with van der Waals surface area (Å²) in [5, 5.41) is 3.57. The minimum absolute atomic E-state index is 0.179. The number of amides is 1. The summed E-state index contributed by atoms with van der Waals surface area (Å²) in [5.74, 6) is -1.15. The van der Waals surface area contributed by atoms with Gasteiger partial charge in [-0.3, -0.25) is 4.79 Å². The Balaban J connectivity index is 1.61. The molecule has 0 aliphatic rings. The summed E-state index contributed by atoms with van der Waals surface area (Å²) in [6.45, 7) is 0. The molecule has 0 radical (unpaired) electrons. The summed E-state index contributed by atoms with van der Waals surface area (Å²) >= 11 is 0. The maximum atomic E-state index is 13.5. The van der Waals surface area contributed by atoms with Gasteiger partial charge in [0.05, 0.1) is 5.56 Å². The summed E-state index contributed by atoms with van der Waals surface area (Å²) in [5.41, 5.74) is 4.19. The Kier molecular flexibility index (Phi) is 5.35. The summed E-state index contributed by atoms with van der Waals surface area (Å²) in [4.78, 5) is 20.5.